The first-order valence-corrected chi connectivity index (χ1v) is 41.5. The fourth-order valence-electron chi connectivity index (χ4n) is 10.5. The Morgan fingerprint density at radius 1 is 0.302 bits per heavy atom. The molecule has 17 nitrogen and oxygen atoms in total. The number of carbonyl (C=O) groups excluding carboxylic acids is 4. The summed E-state index contributed by atoms with van der Waals surface area (Å²) in [4.78, 5) is 72.8. The lowest BCUT2D eigenvalue weighted by Crippen LogP contribution is -2.30. The van der Waals surface area contributed by atoms with E-state index in [9.17, 15) is 43.2 Å². The summed E-state index contributed by atoms with van der Waals surface area (Å²) in [6.07, 6.45) is 67.7. The molecule has 0 rings (SSSR count). The van der Waals surface area contributed by atoms with Crippen molar-refractivity contribution in [1.82, 2.24) is 0 Å². The molecule has 0 aromatic rings. The quantitative estimate of drug-likeness (QED) is 0.0128. The summed E-state index contributed by atoms with van der Waals surface area (Å²) < 4.78 is 68.4. The maximum atomic E-state index is 13.1. The van der Waals surface area contributed by atoms with Gasteiger partial charge in [0.2, 0.25) is 0 Å². The molecular formula is C77H140O17P2. The lowest BCUT2D eigenvalue weighted by atomic mass is 10.0. The third-order valence-electron chi connectivity index (χ3n) is 16.5. The second-order valence-electron chi connectivity index (χ2n) is 26.0. The lowest BCUT2D eigenvalue weighted by molar-refractivity contribution is -0.161. The van der Waals surface area contributed by atoms with Gasteiger partial charge in [-0.25, -0.2) is 9.13 Å². The van der Waals surface area contributed by atoms with E-state index in [1.807, 2.05) is 0 Å². The first-order chi connectivity index (χ1) is 46.7. The Morgan fingerprint density at radius 2 is 0.542 bits per heavy atom. The van der Waals surface area contributed by atoms with Gasteiger partial charge in [-0.3, -0.25) is 37.3 Å². The van der Waals surface area contributed by atoms with Gasteiger partial charge in [-0.15, -0.1) is 0 Å². The predicted molar refractivity (Wildman–Crippen MR) is 390 cm³/mol. The van der Waals surface area contributed by atoms with Crippen LogP contribution in [0.1, 0.15) is 349 Å². The zero-order chi connectivity index (χ0) is 70.4. The van der Waals surface area contributed by atoms with Crippen molar-refractivity contribution >= 4 is 39.5 Å². The van der Waals surface area contributed by atoms with Gasteiger partial charge in [0.05, 0.1) is 26.4 Å². The summed E-state index contributed by atoms with van der Waals surface area (Å²) in [5, 5.41) is 10.6. The van der Waals surface area contributed by atoms with Crippen LogP contribution >= 0.6 is 15.6 Å². The molecule has 0 spiro atoms. The molecule has 0 aliphatic heterocycles. The second-order valence-corrected chi connectivity index (χ2v) is 28.9. The first-order valence-electron chi connectivity index (χ1n) is 38.5. The molecule has 0 radical (unpaired) electrons. The van der Waals surface area contributed by atoms with Gasteiger partial charge in [-0.1, -0.05) is 275 Å². The van der Waals surface area contributed by atoms with Crippen molar-refractivity contribution in [2.75, 3.05) is 39.6 Å². The highest BCUT2D eigenvalue weighted by Gasteiger charge is 2.30. The Morgan fingerprint density at radius 3 is 0.875 bits per heavy atom. The number of esters is 4. The van der Waals surface area contributed by atoms with Crippen LogP contribution in [0.25, 0.3) is 0 Å². The number of hydrogen-bond donors (Lipinski definition) is 3. The van der Waals surface area contributed by atoms with Gasteiger partial charge in [0.15, 0.2) is 12.2 Å². The molecule has 0 aliphatic carbocycles. The maximum Gasteiger partial charge on any atom is 0.472 e. The minimum atomic E-state index is -4.97. The number of aliphatic hydroxyl groups is 1. The van der Waals surface area contributed by atoms with Crippen LogP contribution in [0.5, 0.6) is 0 Å². The molecule has 0 aliphatic rings. The number of rotatable bonds is 73. The largest absolute Gasteiger partial charge is 0.472 e. The summed E-state index contributed by atoms with van der Waals surface area (Å²) >= 11 is 0. The first kappa shape index (κ1) is 92.8. The summed E-state index contributed by atoms with van der Waals surface area (Å²) in [6, 6.07) is 0. The zero-order valence-corrected chi connectivity index (χ0v) is 62.8. The van der Waals surface area contributed by atoms with E-state index >= 15 is 0 Å². The molecule has 3 N–H and O–H groups in total. The van der Waals surface area contributed by atoms with Crippen LogP contribution in [0.2, 0.25) is 0 Å². The number of phosphoric acid groups is 2. The van der Waals surface area contributed by atoms with Crippen LogP contribution in [0, 0.1) is 0 Å². The minimum Gasteiger partial charge on any atom is -0.462 e. The molecule has 19 heteroatoms. The van der Waals surface area contributed by atoms with Crippen molar-refractivity contribution in [1.29, 1.82) is 0 Å². The Balaban J connectivity index is 5.34. The van der Waals surface area contributed by atoms with Crippen molar-refractivity contribution in [3.05, 3.63) is 60.8 Å². The van der Waals surface area contributed by atoms with Crippen LogP contribution in [0.4, 0.5) is 0 Å². The maximum absolute atomic E-state index is 13.1. The van der Waals surface area contributed by atoms with Crippen LogP contribution in [0.15, 0.2) is 60.8 Å². The molecule has 0 fully saturated rings. The topological polar surface area (TPSA) is 237 Å². The van der Waals surface area contributed by atoms with E-state index in [1.54, 1.807) is 0 Å². The molecule has 0 bridgehead atoms. The van der Waals surface area contributed by atoms with Crippen molar-refractivity contribution in [2.45, 2.75) is 367 Å². The van der Waals surface area contributed by atoms with Crippen LogP contribution in [0.3, 0.4) is 0 Å². The SMILES string of the molecule is CCCCC/C=C\C/C=C\CCCCCCCC(=O)OC[C@H](COP(=O)(O)OC[C@H](O)COP(=O)(O)OC[C@@H](COC(=O)CCCCCCCCCCCCCCC)OC(=O)CCCCCCC/C=C\CCCCCC)OC(=O)CCCCCCC/C=C\C=C/CCCCCC. The third kappa shape index (κ3) is 69.2. The molecule has 0 aromatic heterocycles. The van der Waals surface area contributed by atoms with E-state index in [4.69, 9.17) is 37.0 Å². The Hall–Kier alpha value is -3.24. The van der Waals surface area contributed by atoms with E-state index in [1.165, 1.54) is 128 Å². The third-order valence-corrected chi connectivity index (χ3v) is 18.4. The summed E-state index contributed by atoms with van der Waals surface area (Å²) in [5.74, 6) is -2.19. The predicted octanol–water partition coefficient (Wildman–Crippen LogP) is 21.9. The van der Waals surface area contributed by atoms with Gasteiger partial charge in [0.1, 0.15) is 19.3 Å². The number of aliphatic hydroxyl groups excluding tert-OH is 1. The molecule has 0 heterocycles. The van der Waals surface area contributed by atoms with Crippen molar-refractivity contribution < 1.29 is 80.2 Å². The highest BCUT2D eigenvalue weighted by Crippen LogP contribution is 2.45. The van der Waals surface area contributed by atoms with E-state index in [0.29, 0.717) is 25.7 Å². The van der Waals surface area contributed by atoms with E-state index in [-0.39, 0.29) is 25.7 Å². The average Bonchev–Trinajstić information content (AvgIpc) is 1.36. The highest BCUT2D eigenvalue weighted by atomic mass is 31.2. The van der Waals surface area contributed by atoms with Gasteiger partial charge in [0.25, 0.3) is 0 Å². The molecule has 0 aromatic carbocycles. The molecular weight excluding hydrogens is 1260 g/mol. The van der Waals surface area contributed by atoms with Crippen molar-refractivity contribution in [3.63, 3.8) is 0 Å². The number of ether oxygens (including phenoxy) is 4. The molecule has 5 atom stereocenters. The monoisotopic (exact) mass is 1400 g/mol. The smallest absolute Gasteiger partial charge is 0.462 e. The Kier molecular flexibility index (Phi) is 67.8. The number of phosphoric ester groups is 2. The van der Waals surface area contributed by atoms with Gasteiger partial charge >= 0.3 is 39.5 Å². The minimum absolute atomic E-state index is 0.0776. The molecule has 96 heavy (non-hydrogen) atoms. The van der Waals surface area contributed by atoms with Crippen molar-refractivity contribution in [3.8, 4) is 0 Å². The van der Waals surface area contributed by atoms with Crippen LogP contribution in [-0.2, 0) is 65.4 Å². The fourth-order valence-corrected chi connectivity index (χ4v) is 12.1. The Bertz CT molecular complexity index is 2060. The van der Waals surface area contributed by atoms with Crippen LogP contribution < -0.4 is 0 Å². The molecule has 0 saturated carbocycles. The van der Waals surface area contributed by atoms with Gasteiger partial charge in [-0.05, 0) is 109 Å². The summed E-state index contributed by atoms with van der Waals surface area (Å²) in [6.45, 7) is 4.82. The molecule has 560 valence electrons. The lowest BCUT2D eigenvalue weighted by Gasteiger charge is -2.21. The number of hydrogen-bond acceptors (Lipinski definition) is 15. The number of unbranched alkanes of at least 4 members (excludes halogenated alkanes) is 38. The van der Waals surface area contributed by atoms with E-state index in [0.717, 1.165) is 141 Å². The Labute approximate surface area is 584 Å². The normalized spacial score (nSPS) is 14.3. The second kappa shape index (κ2) is 70.2. The number of carbonyl (C=O) groups is 4. The standard InChI is InChI=1S/C77H140O17P2/c1-5-9-13-17-21-25-29-33-35-39-42-46-50-54-58-62-75(80)88-68-73(94-77(82)64-60-56-52-48-44-40-36-34-30-26-22-18-14-10-6-2)70-92-96(85,86)90-66-71(78)65-89-95(83,84)91-69-72(93-76(81)63-59-55-51-47-43-38-32-28-24-20-16-12-8-4)67-87-74(79)61-57-53-49-45-41-37-31-27-23-19-15-11-7-3/h21,25-26,28,30,32-36,71-73,78H,5-20,22-24,27,29,31,37-70H2,1-4H3,(H,83,84)(H,85,86)/b25-21-,30-26-,32-28-,35-33-,36-34-/t71-,72-,73-/m1/s1. The summed E-state index contributed by atoms with van der Waals surface area (Å²) in [7, 11) is -9.94. The zero-order valence-electron chi connectivity index (χ0n) is 61.1. The fraction of sp³-hybridized carbons (Fsp3) is 0.818. The van der Waals surface area contributed by atoms with E-state index < -0.39 is 97.5 Å². The summed E-state index contributed by atoms with van der Waals surface area (Å²) in [5.41, 5.74) is 0. The van der Waals surface area contributed by atoms with E-state index in [2.05, 4.69) is 88.5 Å². The highest BCUT2D eigenvalue weighted by molar-refractivity contribution is 7.47. The average molecular weight is 1400 g/mol. The number of allylic oxidation sites excluding steroid dienone is 10. The van der Waals surface area contributed by atoms with Crippen molar-refractivity contribution in [2.24, 2.45) is 0 Å². The van der Waals surface area contributed by atoms with Crippen LogP contribution in [-0.4, -0.2) is 96.7 Å². The van der Waals surface area contributed by atoms with Gasteiger partial charge in [0, 0.05) is 25.7 Å². The molecule has 0 saturated heterocycles. The molecule has 2 unspecified atom stereocenters. The molecule has 0 amide bonds. The van der Waals surface area contributed by atoms with Gasteiger partial charge in [-0.2, -0.15) is 0 Å². The van der Waals surface area contributed by atoms with Gasteiger partial charge < -0.3 is 33.8 Å².